The van der Waals surface area contributed by atoms with Gasteiger partial charge in [0.25, 0.3) is 0 Å². The summed E-state index contributed by atoms with van der Waals surface area (Å²) in [4.78, 5) is 6.85. The van der Waals surface area contributed by atoms with Gasteiger partial charge in [-0.3, -0.25) is 4.90 Å². The zero-order valence-electron chi connectivity index (χ0n) is 11.4. The lowest BCUT2D eigenvalue weighted by atomic mass is 9.95. The summed E-state index contributed by atoms with van der Waals surface area (Å²) in [6.07, 6.45) is 3.88. The molecule has 0 unspecified atom stereocenters. The van der Waals surface area contributed by atoms with Crippen molar-refractivity contribution in [1.82, 2.24) is 19.6 Å². The molecule has 0 spiro atoms. The van der Waals surface area contributed by atoms with Crippen LogP contribution in [0.15, 0.2) is 30.6 Å². The molecule has 2 aromatic heterocycles. The highest BCUT2D eigenvalue weighted by Gasteiger charge is 2.41. The second-order valence-corrected chi connectivity index (χ2v) is 5.99. The van der Waals surface area contributed by atoms with E-state index in [0.717, 1.165) is 31.8 Å². The van der Waals surface area contributed by atoms with Crippen LogP contribution in [-0.4, -0.2) is 51.7 Å². The summed E-state index contributed by atoms with van der Waals surface area (Å²) >= 11 is 0. The Labute approximate surface area is 118 Å². The molecule has 5 nitrogen and oxygen atoms in total. The zero-order valence-corrected chi connectivity index (χ0v) is 11.4. The highest BCUT2D eigenvalue weighted by atomic mass is 16.3. The largest absolute Gasteiger partial charge is 0.395 e. The van der Waals surface area contributed by atoms with Crippen LogP contribution >= 0.6 is 0 Å². The van der Waals surface area contributed by atoms with Crippen LogP contribution in [0.4, 0.5) is 0 Å². The van der Waals surface area contributed by atoms with Crippen molar-refractivity contribution in [2.24, 2.45) is 11.8 Å². The van der Waals surface area contributed by atoms with Gasteiger partial charge in [-0.25, -0.2) is 4.98 Å². The molecule has 0 aliphatic carbocycles. The molecule has 2 aliphatic rings. The Balaban J connectivity index is 1.52. The van der Waals surface area contributed by atoms with Gasteiger partial charge in [0.2, 0.25) is 0 Å². The van der Waals surface area contributed by atoms with Gasteiger partial charge in [0, 0.05) is 43.8 Å². The average Bonchev–Trinajstić information content (AvgIpc) is 3.12. The van der Waals surface area contributed by atoms with Gasteiger partial charge in [-0.1, -0.05) is 6.07 Å². The van der Waals surface area contributed by atoms with Crippen molar-refractivity contribution in [3.63, 3.8) is 0 Å². The van der Waals surface area contributed by atoms with Crippen LogP contribution in [0.5, 0.6) is 0 Å². The van der Waals surface area contributed by atoms with Crippen molar-refractivity contribution < 1.29 is 5.11 Å². The van der Waals surface area contributed by atoms with E-state index in [1.54, 1.807) is 0 Å². The number of rotatable bonds is 3. The van der Waals surface area contributed by atoms with E-state index in [-0.39, 0.29) is 12.6 Å². The number of fused-ring (bicyclic) bond motifs is 2. The number of aromatic nitrogens is 2. The molecule has 106 valence electrons. The van der Waals surface area contributed by atoms with E-state index in [0.29, 0.717) is 11.8 Å². The van der Waals surface area contributed by atoms with Crippen LogP contribution < -0.4 is 5.32 Å². The highest BCUT2D eigenvalue weighted by Crippen LogP contribution is 2.31. The molecule has 5 heteroatoms. The summed E-state index contributed by atoms with van der Waals surface area (Å²) in [6.45, 7) is 4.46. The third-order valence-electron chi connectivity index (χ3n) is 4.82. The molecule has 4 rings (SSSR count). The van der Waals surface area contributed by atoms with Crippen molar-refractivity contribution in [2.45, 2.75) is 12.6 Å². The van der Waals surface area contributed by atoms with E-state index < -0.39 is 0 Å². The number of nitrogens with zero attached hydrogens (tertiary/aromatic N) is 3. The Morgan fingerprint density at radius 2 is 2.30 bits per heavy atom. The third-order valence-corrected chi connectivity index (χ3v) is 4.82. The van der Waals surface area contributed by atoms with E-state index in [2.05, 4.69) is 31.7 Å². The first-order valence-corrected chi connectivity index (χ1v) is 7.32. The van der Waals surface area contributed by atoms with Gasteiger partial charge in [0.15, 0.2) is 0 Å². The van der Waals surface area contributed by atoms with Gasteiger partial charge in [0.1, 0.15) is 5.65 Å². The molecule has 4 heterocycles. The van der Waals surface area contributed by atoms with Crippen LogP contribution in [0.2, 0.25) is 0 Å². The van der Waals surface area contributed by atoms with Crippen LogP contribution in [0.3, 0.4) is 0 Å². The fourth-order valence-electron chi connectivity index (χ4n) is 3.81. The first-order chi connectivity index (χ1) is 9.85. The lowest BCUT2D eigenvalue weighted by Crippen LogP contribution is -2.35. The van der Waals surface area contributed by atoms with Gasteiger partial charge >= 0.3 is 0 Å². The fourth-order valence-corrected chi connectivity index (χ4v) is 3.81. The molecule has 2 aliphatic heterocycles. The summed E-state index contributed by atoms with van der Waals surface area (Å²) in [7, 11) is 0. The van der Waals surface area contributed by atoms with Crippen molar-refractivity contribution >= 4 is 5.65 Å². The maximum absolute atomic E-state index is 9.41. The van der Waals surface area contributed by atoms with Gasteiger partial charge in [0.05, 0.1) is 6.61 Å². The Kier molecular flexibility index (Phi) is 2.98. The Bertz CT molecular complexity index is 611. The highest BCUT2D eigenvalue weighted by molar-refractivity contribution is 5.39. The summed E-state index contributed by atoms with van der Waals surface area (Å²) in [6, 6.07) is 6.57. The molecular formula is C15H20N4O. The maximum Gasteiger partial charge on any atom is 0.136 e. The van der Waals surface area contributed by atoms with E-state index in [9.17, 15) is 5.11 Å². The number of hydrogen-bond acceptors (Lipinski definition) is 4. The number of nitrogens with one attached hydrogen (secondary N) is 1. The molecule has 3 atom stereocenters. The molecule has 0 radical (unpaired) electrons. The number of imidazole rings is 1. The predicted octanol–water partition coefficient (Wildman–Crippen LogP) is 0.346. The Hall–Kier alpha value is -1.43. The number of pyridine rings is 1. The number of hydrogen-bond donors (Lipinski definition) is 2. The van der Waals surface area contributed by atoms with E-state index in [4.69, 9.17) is 0 Å². The molecule has 2 fully saturated rings. The Morgan fingerprint density at radius 3 is 3.20 bits per heavy atom. The van der Waals surface area contributed by atoms with Crippen molar-refractivity contribution in [3.05, 3.63) is 36.3 Å². The third kappa shape index (κ3) is 1.93. The second-order valence-electron chi connectivity index (χ2n) is 5.99. The average molecular weight is 272 g/mol. The van der Waals surface area contributed by atoms with Crippen LogP contribution in [-0.2, 0) is 6.54 Å². The van der Waals surface area contributed by atoms with Crippen LogP contribution in [0, 0.1) is 11.8 Å². The van der Waals surface area contributed by atoms with Gasteiger partial charge in [-0.05, 0) is 30.5 Å². The summed E-state index contributed by atoms with van der Waals surface area (Å²) in [5.41, 5.74) is 2.30. The van der Waals surface area contributed by atoms with Gasteiger partial charge in [-0.2, -0.15) is 0 Å². The minimum atomic E-state index is 0.256. The molecule has 2 N–H and O–H groups in total. The van der Waals surface area contributed by atoms with Crippen LogP contribution in [0.1, 0.15) is 5.69 Å². The fraction of sp³-hybridized carbons (Fsp3) is 0.533. The minimum Gasteiger partial charge on any atom is -0.395 e. The number of aliphatic hydroxyl groups excluding tert-OH is 1. The smallest absolute Gasteiger partial charge is 0.136 e. The minimum absolute atomic E-state index is 0.256. The summed E-state index contributed by atoms with van der Waals surface area (Å²) in [5, 5.41) is 12.8. The quantitative estimate of drug-likeness (QED) is 0.846. The molecule has 0 saturated carbocycles. The predicted molar refractivity (Wildman–Crippen MR) is 76.3 cm³/mol. The lowest BCUT2D eigenvalue weighted by molar-refractivity contribution is 0.213. The number of aliphatic hydroxyl groups is 1. The topological polar surface area (TPSA) is 52.8 Å². The normalized spacial score (nSPS) is 30.1. The van der Waals surface area contributed by atoms with Crippen molar-refractivity contribution in [3.8, 4) is 0 Å². The molecular weight excluding hydrogens is 252 g/mol. The van der Waals surface area contributed by atoms with Gasteiger partial charge < -0.3 is 14.8 Å². The molecule has 2 aromatic rings. The number of likely N-dealkylation sites (tertiary alicyclic amines) is 1. The Morgan fingerprint density at radius 1 is 1.35 bits per heavy atom. The van der Waals surface area contributed by atoms with Gasteiger partial charge in [-0.15, -0.1) is 0 Å². The summed E-state index contributed by atoms with van der Waals surface area (Å²) < 4.78 is 2.16. The van der Waals surface area contributed by atoms with E-state index in [1.807, 2.05) is 18.5 Å². The second kappa shape index (κ2) is 4.84. The van der Waals surface area contributed by atoms with Crippen molar-refractivity contribution in [1.29, 1.82) is 0 Å². The molecule has 0 aromatic carbocycles. The lowest BCUT2D eigenvalue weighted by Gasteiger charge is -2.20. The molecule has 20 heavy (non-hydrogen) atoms. The first-order valence-electron chi connectivity index (χ1n) is 7.32. The zero-order chi connectivity index (χ0) is 13.5. The summed E-state index contributed by atoms with van der Waals surface area (Å²) in [5.74, 6) is 1.29. The molecule has 2 saturated heterocycles. The maximum atomic E-state index is 9.41. The van der Waals surface area contributed by atoms with Crippen molar-refractivity contribution in [2.75, 3.05) is 26.2 Å². The van der Waals surface area contributed by atoms with E-state index in [1.165, 1.54) is 5.69 Å². The monoisotopic (exact) mass is 272 g/mol. The standard InChI is InChI=1S/C15H20N4O/c20-10-14-13-9-18(7-11(13)6-17-14)8-12-2-1-3-15-16-4-5-19(12)15/h1-5,11,13-14,17,20H,6-10H2/t11-,13+,14+/m1/s1. The molecule has 0 bridgehead atoms. The first kappa shape index (κ1) is 12.3. The SMILES string of the molecule is OC[C@@H]1NC[C@@H]2CN(Cc3cccc4nccn34)C[C@@H]21. The molecule has 0 amide bonds. The van der Waals surface area contributed by atoms with E-state index >= 15 is 0 Å². The van der Waals surface area contributed by atoms with Crippen LogP contribution in [0.25, 0.3) is 5.65 Å².